The SMILES string of the molecule is COc1ccc2c(c1)C=CNC2O. The van der Waals surface area contributed by atoms with Crippen LogP contribution in [0.5, 0.6) is 5.75 Å². The Balaban J connectivity index is 2.47. The van der Waals surface area contributed by atoms with Crippen molar-refractivity contribution in [2.75, 3.05) is 7.11 Å². The van der Waals surface area contributed by atoms with Crippen LogP contribution in [-0.4, -0.2) is 12.2 Å². The Labute approximate surface area is 76.7 Å². The summed E-state index contributed by atoms with van der Waals surface area (Å²) in [6.07, 6.45) is 3.03. The quantitative estimate of drug-likeness (QED) is 0.678. The van der Waals surface area contributed by atoms with Gasteiger partial charge in [0, 0.05) is 5.56 Å². The Bertz CT molecular complexity index is 347. The largest absolute Gasteiger partial charge is 0.497 e. The summed E-state index contributed by atoms with van der Waals surface area (Å²) < 4.78 is 5.08. The zero-order chi connectivity index (χ0) is 9.26. The zero-order valence-electron chi connectivity index (χ0n) is 7.32. The molecular weight excluding hydrogens is 166 g/mol. The molecule has 68 valence electrons. The molecule has 0 saturated heterocycles. The Kier molecular flexibility index (Phi) is 1.94. The summed E-state index contributed by atoms with van der Waals surface area (Å²) in [5.41, 5.74) is 1.87. The van der Waals surface area contributed by atoms with E-state index in [1.807, 2.05) is 24.3 Å². The van der Waals surface area contributed by atoms with E-state index in [9.17, 15) is 5.11 Å². The molecule has 1 heterocycles. The maximum absolute atomic E-state index is 9.52. The van der Waals surface area contributed by atoms with Gasteiger partial charge in [0.2, 0.25) is 0 Å². The van der Waals surface area contributed by atoms with Crippen molar-refractivity contribution >= 4 is 6.08 Å². The van der Waals surface area contributed by atoms with Crippen molar-refractivity contribution in [2.45, 2.75) is 6.23 Å². The third-order valence-electron chi connectivity index (χ3n) is 2.11. The van der Waals surface area contributed by atoms with Gasteiger partial charge in [-0.05, 0) is 30.0 Å². The standard InChI is InChI=1S/C10H11NO2/c1-13-8-2-3-9-7(6-8)4-5-11-10(9)12/h2-6,10-12H,1H3. The van der Waals surface area contributed by atoms with E-state index in [4.69, 9.17) is 4.74 Å². The van der Waals surface area contributed by atoms with E-state index in [0.717, 1.165) is 16.9 Å². The monoisotopic (exact) mass is 177 g/mol. The van der Waals surface area contributed by atoms with Gasteiger partial charge in [0.25, 0.3) is 0 Å². The van der Waals surface area contributed by atoms with Crippen molar-refractivity contribution in [3.05, 3.63) is 35.5 Å². The molecule has 1 aromatic carbocycles. The fraction of sp³-hybridized carbons (Fsp3) is 0.200. The van der Waals surface area contributed by atoms with Crippen LogP contribution < -0.4 is 10.1 Å². The molecule has 0 aliphatic carbocycles. The summed E-state index contributed by atoms with van der Waals surface area (Å²) >= 11 is 0. The maximum Gasteiger partial charge on any atom is 0.150 e. The van der Waals surface area contributed by atoms with Crippen molar-refractivity contribution in [1.82, 2.24) is 5.32 Å². The van der Waals surface area contributed by atoms with Gasteiger partial charge in [0.1, 0.15) is 5.75 Å². The molecule has 0 saturated carbocycles. The van der Waals surface area contributed by atoms with E-state index in [1.54, 1.807) is 13.3 Å². The van der Waals surface area contributed by atoms with Crippen molar-refractivity contribution in [3.8, 4) is 5.75 Å². The first-order valence-electron chi connectivity index (χ1n) is 4.10. The predicted octanol–water partition coefficient (Wildman–Crippen LogP) is 1.26. The number of aliphatic hydroxyl groups is 1. The number of rotatable bonds is 1. The van der Waals surface area contributed by atoms with Crippen LogP contribution in [0.3, 0.4) is 0 Å². The van der Waals surface area contributed by atoms with Crippen LogP contribution in [0.1, 0.15) is 17.4 Å². The number of aliphatic hydroxyl groups excluding tert-OH is 1. The highest BCUT2D eigenvalue weighted by molar-refractivity contribution is 5.58. The summed E-state index contributed by atoms with van der Waals surface area (Å²) in [7, 11) is 1.63. The minimum absolute atomic E-state index is 0.606. The minimum atomic E-state index is -0.606. The minimum Gasteiger partial charge on any atom is -0.497 e. The van der Waals surface area contributed by atoms with Gasteiger partial charge < -0.3 is 15.2 Å². The fourth-order valence-corrected chi connectivity index (χ4v) is 1.39. The number of benzene rings is 1. The first kappa shape index (κ1) is 8.13. The van der Waals surface area contributed by atoms with E-state index in [0.29, 0.717) is 0 Å². The van der Waals surface area contributed by atoms with Crippen molar-refractivity contribution in [1.29, 1.82) is 0 Å². The number of nitrogens with one attached hydrogen (secondary N) is 1. The van der Waals surface area contributed by atoms with Crippen LogP contribution >= 0.6 is 0 Å². The van der Waals surface area contributed by atoms with Crippen molar-refractivity contribution in [2.24, 2.45) is 0 Å². The summed E-state index contributed by atoms with van der Waals surface area (Å²) in [5.74, 6) is 0.803. The molecule has 1 atom stereocenters. The second-order valence-corrected chi connectivity index (χ2v) is 2.90. The molecule has 3 heteroatoms. The number of fused-ring (bicyclic) bond motifs is 1. The van der Waals surface area contributed by atoms with Gasteiger partial charge in [-0.25, -0.2) is 0 Å². The van der Waals surface area contributed by atoms with Gasteiger partial charge in [-0.15, -0.1) is 0 Å². The van der Waals surface area contributed by atoms with Gasteiger partial charge in [0.15, 0.2) is 6.23 Å². The lowest BCUT2D eigenvalue weighted by Gasteiger charge is -2.18. The van der Waals surface area contributed by atoms with Gasteiger partial charge in [0.05, 0.1) is 7.11 Å². The van der Waals surface area contributed by atoms with Gasteiger partial charge in [-0.1, -0.05) is 6.07 Å². The topological polar surface area (TPSA) is 41.5 Å². The lowest BCUT2D eigenvalue weighted by atomic mass is 10.0. The molecular formula is C10H11NO2. The third kappa shape index (κ3) is 1.38. The first-order valence-corrected chi connectivity index (χ1v) is 4.10. The van der Waals surface area contributed by atoms with Gasteiger partial charge in [-0.3, -0.25) is 0 Å². The second kappa shape index (κ2) is 3.11. The van der Waals surface area contributed by atoms with Crippen LogP contribution in [-0.2, 0) is 0 Å². The Morgan fingerprint density at radius 3 is 3.08 bits per heavy atom. The zero-order valence-corrected chi connectivity index (χ0v) is 7.32. The van der Waals surface area contributed by atoms with E-state index in [1.165, 1.54) is 0 Å². The Morgan fingerprint density at radius 2 is 2.31 bits per heavy atom. The molecule has 0 radical (unpaired) electrons. The summed E-state index contributed by atoms with van der Waals surface area (Å²) in [6, 6.07) is 5.59. The summed E-state index contributed by atoms with van der Waals surface area (Å²) in [5, 5.41) is 12.3. The first-order chi connectivity index (χ1) is 6.31. The lowest BCUT2D eigenvalue weighted by Crippen LogP contribution is -2.18. The molecule has 1 aliphatic rings. The second-order valence-electron chi connectivity index (χ2n) is 2.90. The van der Waals surface area contributed by atoms with E-state index >= 15 is 0 Å². The normalized spacial score (nSPS) is 19.1. The van der Waals surface area contributed by atoms with Gasteiger partial charge in [-0.2, -0.15) is 0 Å². The highest BCUT2D eigenvalue weighted by Gasteiger charge is 2.13. The Morgan fingerprint density at radius 1 is 1.46 bits per heavy atom. The molecule has 0 spiro atoms. The van der Waals surface area contributed by atoms with Crippen LogP contribution in [0.25, 0.3) is 6.08 Å². The molecule has 0 bridgehead atoms. The molecule has 13 heavy (non-hydrogen) atoms. The van der Waals surface area contributed by atoms with E-state index in [-0.39, 0.29) is 0 Å². The van der Waals surface area contributed by atoms with Crippen LogP contribution in [0, 0.1) is 0 Å². The van der Waals surface area contributed by atoms with E-state index < -0.39 is 6.23 Å². The summed E-state index contributed by atoms with van der Waals surface area (Å²) in [4.78, 5) is 0. The van der Waals surface area contributed by atoms with Crippen LogP contribution in [0.2, 0.25) is 0 Å². The molecule has 2 N–H and O–H groups in total. The highest BCUT2D eigenvalue weighted by Crippen LogP contribution is 2.25. The summed E-state index contributed by atoms with van der Waals surface area (Å²) in [6.45, 7) is 0. The molecule has 0 amide bonds. The number of hydrogen-bond acceptors (Lipinski definition) is 3. The van der Waals surface area contributed by atoms with E-state index in [2.05, 4.69) is 5.32 Å². The van der Waals surface area contributed by atoms with Crippen LogP contribution in [0.4, 0.5) is 0 Å². The fourth-order valence-electron chi connectivity index (χ4n) is 1.39. The molecule has 2 rings (SSSR count). The van der Waals surface area contributed by atoms with Gasteiger partial charge >= 0.3 is 0 Å². The molecule has 3 nitrogen and oxygen atoms in total. The van der Waals surface area contributed by atoms with Crippen molar-refractivity contribution in [3.63, 3.8) is 0 Å². The number of hydrogen-bond donors (Lipinski definition) is 2. The predicted molar refractivity (Wildman–Crippen MR) is 50.1 cm³/mol. The molecule has 0 fully saturated rings. The average Bonchev–Trinajstić information content (AvgIpc) is 2.18. The molecule has 1 aromatic rings. The average molecular weight is 177 g/mol. The van der Waals surface area contributed by atoms with Crippen LogP contribution in [0.15, 0.2) is 24.4 Å². The molecule has 1 aliphatic heterocycles. The molecule has 1 unspecified atom stereocenters. The number of ether oxygens (including phenoxy) is 1. The van der Waals surface area contributed by atoms with Crippen molar-refractivity contribution < 1.29 is 9.84 Å². The third-order valence-corrected chi connectivity index (χ3v) is 2.11. The number of methoxy groups -OCH3 is 1. The molecule has 0 aromatic heterocycles. The smallest absolute Gasteiger partial charge is 0.150 e. The highest BCUT2D eigenvalue weighted by atomic mass is 16.5. The Hall–Kier alpha value is -1.48. The maximum atomic E-state index is 9.52. The lowest BCUT2D eigenvalue weighted by molar-refractivity contribution is 0.154.